The topological polar surface area (TPSA) is 35.5 Å². The van der Waals surface area contributed by atoms with Crippen LogP contribution in [0.2, 0.25) is 0 Å². The number of rotatable bonds is 6. The number of anilines is 1. The summed E-state index contributed by atoms with van der Waals surface area (Å²) < 4.78 is 1.06. The van der Waals surface area contributed by atoms with Crippen LogP contribution in [0.1, 0.15) is 33.3 Å². The molecule has 19 heavy (non-hydrogen) atoms. The molecule has 0 atom stereocenters. The Balaban J connectivity index is 2.76. The molecule has 0 aromatic heterocycles. The largest absolute Gasteiger partial charge is 0.389 e. The lowest BCUT2D eigenvalue weighted by Crippen LogP contribution is -2.36. The fraction of sp³-hybridized carbons (Fsp3) is 0.600. The van der Waals surface area contributed by atoms with Crippen LogP contribution in [-0.2, 0) is 6.54 Å². The van der Waals surface area contributed by atoms with Crippen molar-refractivity contribution < 1.29 is 5.11 Å². The number of nitrogens with zero attached hydrogens (tertiary/aromatic N) is 1. The molecule has 1 aromatic carbocycles. The zero-order valence-electron chi connectivity index (χ0n) is 12.5. The van der Waals surface area contributed by atoms with Gasteiger partial charge in [0, 0.05) is 30.7 Å². The van der Waals surface area contributed by atoms with Gasteiger partial charge in [-0.15, -0.1) is 0 Å². The van der Waals surface area contributed by atoms with Gasteiger partial charge in [0.1, 0.15) is 0 Å². The minimum Gasteiger partial charge on any atom is -0.389 e. The van der Waals surface area contributed by atoms with Crippen LogP contribution >= 0.6 is 15.9 Å². The van der Waals surface area contributed by atoms with E-state index in [0.29, 0.717) is 12.6 Å². The molecule has 0 aliphatic rings. The van der Waals surface area contributed by atoms with Crippen molar-refractivity contribution in [1.29, 1.82) is 0 Å². The second-order valence-corrected chi connectivity index (χ2v) is 6.84. The van der Waals surface area contributed by atoms with Crippen LogP contribution in [0.25, 0.3) is 0 Å². The monoisotopic (exact) mass is 328 g/mol. The summed E-state index contributed by atoms with van der Waals surface area (Å²) >= 11 is 3.61. The highest BCUT2D eigenvalue weighted by molar-refractivity contribution is 9.10. The van der Waals surface area contributed by atoms with E-state index in [1.54, 1.807) is 0 Å². The standard InChI is InChI=1S/C15H25BrN2O/c1-11(2)17-9-12-6-7-14(13(16)8-12)18(5)10-15(3,4)19/h6-8,11,17,19H,9-10H2,1-5H3. The first-order chi connectivity index (χ1) is 8.69. The van der Waals surface area contributed by atoms with Crippen LogP contribution < -0.4 is 10.2 Å². The van der Waals surface area contributed by atoms with Crippen molar-refractivity contribution in [2.75, 3.05) is 18.5 Å². The van der Waals surface area contributed by atoms with Gasteiger partial charge in [0.05, 0.1) is 11.3 Å². The van der Waals surface area contributed by atoms with Crippen LogP contribution in [-0.4, -0.2) is 30.3 Å². The van der Waals surface area contributed by atoms with Gasteiger partial charge in [0.15, 0.2) is 0 Å². The van der Waals surface area contributed by atoms with Crippen LogP contribution in [0, 0.1) is 0 Å². The van der Waals surface area contributed by atoms with E-state index in [4.69, 9.17) is 0 Å². The van der Waals surface area contributed by atoms with Crippen LogP contribution in [0.15, 0.2) is 22.7 Å². The highest BCUT2D eigenvalue weighted by Crippen LogP contribution is 2.27. The van der Waals surface area contributed by atoms with E-state index in [2.05, 4.69) is 58.2 Å². The number of hydrogen-bond acceptors (Lipinski definition) is 3. The van der Waals surface area contributed by atoms with Gasteiger partial charge in [-0.1, -0.05) is 19.9 Å². The summed E-state index contributed by atoms with van der Waals surface area (Å²) in [7, 11) is 1.99. The number of hydrogen-bond donors (Lipinski definition) is 2. The molecule has 0 heterocycles. The van der Waals surface area contributed by atoms with Crippen molar-refractivity contribution in [1.82, 2.24) is 5.32 Å². The summed E-state index contributed by atoms with van der Waals surface area (Å²) in [5.41, 5.74) is 1.64. The highest BCUT2D eigenvalue weighted by Gasteiger charge is 2.17. The second-order valence-electron chi connectivity index (χ2n) is 5.99. The zero-order chi connectivity index (χ0) is 14.6. The van der Waals surface area contributed by atoms with Crippen LogP contribution in [0.4, 0.5) is 5.69 Å². The Kier molecular flexibility index (Phi) is 5.83. The number of aliphatic hydroxyl groups is 1. The summed E-state index contributed by atoms with van der Waals surface area (Å²) in [6, 6.07) is 6.83. The van der Waals surface area contributed by atoms with E-state index in [-0.39, 0.29) is 0 Å². The smallest absolute Gasteiger partial charge is 0.0765 e. The van der Waals surface area contributed by atoms with E-state index in [1.807, 2.05) is 20.9 Å². The molecule has 4 heteroatoms. The number of likely N-dealkylation sites (N-methyl/N-ethyl adjacent to an activating group) is 1. The zero-order valence-corrected chi connectivity index (χ0v) is 14.1. The predicted molar refractivity (Wildman–Crippen MR) is 85.7 cm³/mol. The molecule has 0 aliphatic heterocycles. The maximum absolute atomic E-state index is 9.87. The minimum atomic E-state index is -0.702. The normalized spacial score (nSPS) is 12.0. The highest BCUT2D eigenvalue weighted by atomic mass is 79.9. The van der Waals surface area contributed by atoms with Gasteiger partial charge in [-0.25, -0.2) is 0 Å². The van der Waals surface area contributed by atoms with Gasteiger partial charge < -0.3 is 15.3 Å². The number of halogens is 1. The summed E-state index contributed by atoms with van der Waals surface area (Å²) in [5.74, 6) is 0. The van der Waals surface area contributed by atoms with Crippen molar-refractivity contribution in [3.05, 3.63) is 28.2 Å². The molecule has 0 radical (unpaired) electrons. The molecule has 3 nitrogen and oxygen atoms in total. The summed E-state index contributed by atoms with van der Waals surface area (Å²) in [4.78, 5) is 2.06. The fourth-order valence-electron chi connectivity index (χ4n) is 1.96. The molecule has 2 N–H and O–H groups in total. The van der Waals surface area contributed by atoms with Crippen molar-refractivity contribution in [3.8, 4) is 0 Å². The Labute approximate surface area is 125 Å². The number of benzene rings is 1. The van der Waals surface area contributed by atoms with Gasteiger partial charge in [-0.2, -0.15) is 0 Å². The summed E-state index contributed by atoms with van der Waals surface area (Å²) in [5, 5.41) is 13.3. The van der Waals surface area contributed by atoms with Gasteiger partial charge in [-0.3, -0.25) is 0 Å². The second kappa shape index (κ2) is 6.73. The molecule has 0 aliphatic carbocycles. The molecule has 1 rings (SSSR count). The minimum absolute atomic E-state index is 0.483. The molecular weight excluding hydrogens is 304 g/mol. The summed E-state index contributed by atoms with van der Waals surface area (Å²) in [6.07, 6.45) is 0. The predicted octanol–water partition coefficient (Wildman–Crippen LogP) is 3.15. The first-order valence-corrected chi connectivity index (χ1v) is 7.43. The Morgan fingerprint density at radius 1 is 1.37 bits per heavy atom. The molecule has 0 fully saturated rings. The third kappa shape index (κ3) is 5.93. The molecule has 0 unspecified atom stereocenters. The van der Waals surface area contributed by atoms with Crippen LogP contribution in [0.3, 0.4) is 0 Å². The van der Waals surface area contributed by atoms with E-state index in [9.17, 15) is 5.11 Å². The lowest BCUT2D eigenvalue weighted by atomic mass is 10.1. The van der Waals surface area contributed by atoms with Crippen molar-refractivity contribution in [2.24, 2.45) is 0 Å². The Hall–Kier alpha value is -0.580. The van der Waals surface area contributed by atoms with Crippen molar-refractivity contribution in [3.63, 3.8) is 0 Å². The molecule has 0 saturated heterocycles. The van der Waals surface area contributed by atoms with E-state index in [1.165, 1.54) is 5.56 Å². The van der Waals surface area contributed by atoms with Crippen molar-refractivity contribution >= 4 is 21.6 Å². The maximum atomic E-state index is 9.87. The van der Waals surface area contributed by atoms with E-state index < -0.39 is 5.60 Å². The molecule has 0 saturated carbocycles. The third-order valence-corrected chi connectivity index (χ3v) is 3.40. The Morgan fingerprint density at radius 3 is 2.47 bits per heavy atom. The van der Waals surface area contributed by atoms with Gasteiger partial charge in [-0.05, 0) is 47.5 Å². The van der Waals surface area contributed by atoms with Gasteiger partial charge in [0.25, 0.3) is 0 Å². The molecule has 0 spiro atoms. The number of nitrogens with one attached hydrogen (secondary N) is 1. The first-order valence-electron chi connectivity index (χ1n) is 6.64. The Morgan fingerprint density at radius 2 is 2.00 bits per heavy atom. The molecular formula is C15H25BrN2O. The lowest BCUT2D eigenvalue weighted by molar-refractivity contribution is 0.0886. The molecule has 1 aromatic rings. The van der Waals surface area contributed by atoms with Gasteiger partial charge >= 0.3 is 0 Å². The van der Waals surface area contributed by atoms with E-state index >= 15 is 0 Å². The van der Waals surface area contributed by atoms with E-state index in [0.717, 1.165) is 16.7 Å². The average molecular weight is 329 g/mol. The van der Waals surface area contributed by atoms with Gasteiger partial charge in [0.2, 0.25) is 0 Å². The molecule has 108 valence electrons. The third-order valence-electron chi connectivity index (χ3n) is 2.76. The van der Waals surface area contributed by atoms with Crippen LogP contribution in [0.5, 0.6) is 0 Å². The lowest BCUT2D eigenvalue weighted by Gasteiger charge is -2.28. The SMILES string of the molecule is CC(C)NCc1ccc(N(C)CC(C)(C)O)c(Br)c1. The molecule has 0 amide bonds. The molecule has 0 bridgehead atoms. The Bertz CT molecular complexity index is 413. The average Bonchev–Trinajstić information content (AvgIpc) is 2.23. The van der Waals surface area contributed by atoms with Crippen molar-refractivity contribution in [2.45, 2.75) is 45.9 Å². The fourth-order valence-corrected chi connectivity index (χ4v) is 2.69. The quantitative estimate of drug-likeness (QED) is 0.842. The maximum Gasteiger partial charge on any atom is 0.0765 e. The first kappa shape index (κ1) is 16.5. The summed E-state index contributed by atoms with van der Waals surface area (Å²) in [6.45, 7) is 9.37.